The third-order valence-electron chi connectivity index (χ3n) is 2.53. The van der Waals surface area contributed by atoms with Crippen molar-refractivity contribution in [3.8, 4) is 0 Å². The molecule has 1 fully saturated rings. The van der Waals surface area contributed by atoms with Crippen molar-refractivity contribution >= 4 is 17.5 Å². The molecule has 92 valence electrons. The van der Waals surface area contributed by atoms with Crippen LogP contribution in [0.2, 0.25) is 0 Å². The molecule has 2 N–H and O–H groups in total. The van der Waals surface area contributed by atoms with Crippen LogP contribution in [0.15, 0.2) is 23.1 Å². The van der Waals surface area contributed by atoms with Gasteiger partial charge in [0.25, 0.3) is 0 Å². The maximum Gasteiger partial charge on any atom is 0.164 e. The van der Waals surface area contributed by atoms with Crippen molar-refractivity contribution in [3.05, 3.63) is 29.6 Å². The highest BCUT2D eigenvalue weighted by Crippen LogP contribution is 2.30. The molecular weight excluding hydrogens is 241 g/mol. The summed E-state index contributed by atoms with van der Waals surface area (Å²) in [6.07, 6.45) is 0.252. The number of carbonyl (C=O) groups is 1. The molecular formula is C12H14FNO2S. The Bertz CT molecular complexity index is 421. The van der Waals surface area contributed by atoms with Gasteiger partial charge in [-0.25, -0.2) is 4.39 Å². The van der Waals surface area contributed by atoms with Gasteiger partial charge in [-0.15, -0.1) is 11.8 Å². The van der Waals surface area contributed by atoms with Crippen molar-refractivity contribution in [3.63, 3.8) is 0 Å². The molecule has 0 saturated carbocycles. The van der Waals surface area contributed by atoms with Crippen molar-refractivity contribution in [1.29, 1.82) is 0 Å². The summed E-state index contributed by atoms with van der Waals surface area (Å²) >= 11 is 1.45. The van der Waals surface area contributed by atoms with E-state index in [1.54, 1.807) is 12.1 Å². The van der Waals surface area contributed by atoms with Crippen LogP contribution >= 0.6 is 11.8 Å². The minimum absolute atomic E-state index is 0.116. The largest absolute Gasteiger partial charge is 0.379 e. The molecule has 3 nitrogen and oxygen atoms in total. The van der Waals surface area contributed by atoms with Crippen LogP contribution in [0.4, 0.5) is 4.39 Å². The first-order valence-electron chi connectivity index (χ1n) is 5.48. The molecule has 1 heterocycles. The normalized spacial score (nSPS) is 15.6. The van der Waals surface area contributed by atoms with Crippen LogP contribution in [0.3, 0.4) is 0 Å². The van der Waals surface area contributed by atoms with Crippen LogP contribution in [-0.2, 0) is 4.74 Å². The molecule has 2 rings (SSSR count). The second-order valence-corrected chi connectivity index (χ2v) is 5.23. The van der Waals surface area contributed by atoms with E-state index in [1.807, 2.05) is 0 Å². The minimum atomic E-state index is -0.343. The number of thioether (sulfide) groups is 1. The molecule has 0 spiro atoms. The fourth-order valence-corrected chi connectivity index (χ4v) is 2.51. The second-order valence-electron chi connectivity index (χ2n) is 3.88. The van der Waals surface area contributed by atoms with E-state index in [1.165, 1.54) is 17.8 Å². The van der Waals surface area contributed by atoms with Crippen LogP contribution < -0.4 is 5.73 Å². The Kier molecular flexibility index (Phi) is 4.15. The lowest BCUT2D eigenvalue weighted by Gasteiger charge is -2.25. The molecule has 1 aromatic rings. The molecule has 1 aromatic carbocycles. The summed E-state index contributed by atoms with van der Waals surface area (Å²) in [6, 6.07) is 4.60. The van der Waals surface area contributed by atoms with E-state index in [9.17, 15) is 9.18 Å². The van der Waals surface area contributed by atoms with Gasteiger partial charge < -0.3 is 10.5 Å². The average molecular weight is 255 g/mol. The minimum Gasteiger partial charge on any atom is -0.379 e. The predicted molar refractivity (Wildman–Crippen MR) is 64.9 cm³/mol. The molecule has 17 heavy (non-hydrogen) atoms. The van der Waals surface area contributed by atoms with E-state index in [4.69, 9.17) is 10.5 Å². The third-order valence-corrected chi connectivity index (χ3v) is 3.72. The number of benzene rings is 1. The Morgan fingerprint density at radius 2 is 2.29 bits per heavy atom. The standard InChI is InChI=1S/C12H14FNO2S/c13-10-5-8(11(15)3-4-14)1-2-12(10)17-9-6-16-7-9/h1-2,5,9H,3-4,6-7,14H2. The summed E-state index contributed by atoms with van der Waals surface area (Å²) in [4.78, 5) is 12.1. The first-order valence-corrected chi connectivity index (χ1v) is 6.36. The third kappa shape index (κ3) is 3.06. The first-order chi connectivity index (χ1) is 8.20. The Balaban J connectivity index is 2.07. The van der Waals surface area contributed by atoms with E-state index in [-0.39, 0.29) is 24.6 Å². The molecule has 0 bridgehead atoms. The van der Waals surface area contributed by atoms with Gasteiger partial charge in [-0.05, 0) is 18.7 Å². The highest BCUT2D eigenvalue weighted by molar-refractivity contribution is 8.00. The topological polar surface area (TPSA) is 52.3 Å². The van der Waals surface area contributed by atoms with Gasteiger partial charge in [0.2, 0.25) is 0 Å². The molecule has 0 aromatic heterocycles. The molecule has 0 unspecified atom stereocenters. The van der Waals surface area contributed by atoms with Crippen LogP contribution in [0.5, 0.6) is 0 Å². The number of hydrogen-bond donors (Lipinski definition) is 1. The molecule has 1 aliphatic heterocycles. The highest BCUT2D eigenvalue weighted by Gasteiger charge is 2.21. The van der Waals surface area contributed by atoms with Crippen LogP contribution in [-0.4, -0.2) is 30.8 Å². The first kappa shape index (κ1) is 12.5. The Morgan fingerprint density at radius 1 is 1.53 bits per heavy atom. The maximum atomic E-state index is 13.7. The van der Waals surface area contributed by atoms with Gasteiger partial charge in [-0.2, -0.15) is 0 Å². The number of rotatable bonds is 5. The molecule has 5 heteroatoms. The Hall–Kier alpha value is -0.910. The summed E-state index contributed by atoms with van der Waals surface area (Å²) in [5.74, 6) is -0.459. The molecule has 0 atom stereocenters. The van der Waals surface area contributed by atoms with E-state index >= 15 is 0 Å². The summed E-state index contributed by atoms with van der Waals surface area (Å²) in [6.45, 7) is 1.62. The summed E-state index contributed by atoms with van der Waals surface area (Å²) in [5.41, 5.74) is 5.68. The van der Waals surface area contributed by atoms with Crippen LogP contribution in [0, 0.1) is 5.82 Å². The number of carbonyl (C=O) groups excluding carboxylic acids is 1. The van der Waals surface area contributed by atoms with Gasteiger partial charge >= 0.3 is 0 Å². The van der Waals surface area contributed by atoms with Crippen molar-refractivity contribution in [2.24, 2.45) is 5.73 Å². The van der Waals surface area contributed by atoms with Crippen molar-refractivity contribution in [2.75, 3.05) is 19.8 Å². The molecule has 0 aliphatic carbocycles. The fourth-order valence-electron chi connectivity index (χ4n) is 1.51. The smallest absolute Gasteiger partial charge is 0.164 e. The molecule has 1 aliphatic rings. The lowest BCUT2D eigenvalue weighted by atomic mass is 10.1. The van der Waals surface area contributed by atoms with Crippen molar-refractivity contribution in [2.45, 2.75) is 16.6 Å². The van der Waals surface area contributed by atoms with Crippen LogP contribution in [0.1, 0.15) is 16.8 Å². The number of nitrogens with two attached hydrogens (primary N) is 1. The second kappa shape index (κ2) is 5.62. The van der Waals surface area contributed by atoms with E-state index in [0.717, 1.165) is 0 Å². The number of hydrogen-bond acceptors (Lipinski definition) is 4. The lowest BCUT2D eigenvalue weighted by Crippen LogP contribution is -2.30. The van der Waals surface area contributed by atoms with Gasteiger partial charge in [-0.1, -0.05) is 6.07 Å². The highest BCUT2D eigenvalue weighted by atomic mass is 32.2. The van der Waals surface area contributed by atoms with Gasteiger partial charge in [0.15, 0.2) is 5.78 Å². The fraction of sp³-hybridized carbons (Fsp3) is 0.417. The SMILES string of the molecule is NCCC(=O)c1ccc(SC2COC2)c(F)c1. The monoisotopic (exact) mass is 255 g/mol. The lowest BCUT2D eigenvalue weighted by molar-refractivity contribution is 0.0455. The Morgan fingerprint density at radius 3 is 2.82 bits per heavy atom. The Labute approximate surface area is 104 Å². The van der Waals surface area contributed by atoms with Gasteiger partial charge in [-0.3, -0.25) is 4.79 Å². The van der Waals surface area contributed by atoms with Crippen molar-refractivity contribution in [1.82, 2.24) is 0 Å². The molecule has 0 radical (unpaired) electrons. The van der Waals surface area contributed by atoms with E-state index in [0.29, 0.717) is 28.9 Å². The van der Waals surface area contributed by atoms with Gasteiger partial charge in [0.1, 0.15) is 5.82 Å². The molecule has 0 amide bonds. The maximum absolute atomic E-state index is 13.7. The van der Waals surface area contributed by atoms with E-state index < -0.39 is 0 Å². The van der Waals surface area contributed by atoms with E-state index in [2.05, 4.69) is 0 Å². The molecule has 1 saturated heterocycles. The van der Waals surface area contributed by atoms with Crippen LogP contribution in [0.25, 0.3) is 0 Å². The van der Waals surface area contributed by atoms with Gasteiger partial charge in [0.05, 0.1) is 18.5 Å². The summed E-state index contributed by atoms with van der Waals surface area (Å²) in [5, 5.41) is 0.329. The van der Waals surface area contributed by atoms with Crippen molar-refractivity contribution < 1.29 is 13.9 Å². The number of halogens is 1. The quantitative estimate of drug-likeness (QED) is 0.816. The zero-order valence-electron chi connectivity index (χ0n) is 9.32. The summed E-state index contributed by atoms with van der Waals surface area (Å²) in [7, 11) is 0. The average Bonchev–Trinajstić information content (AvgIpc) is 2.25. The zero-order valence-corrected chi connectivity index (χ0v) is 10.1. The summed E-state index contributed by atoms with van der Waals surface area (Å²) < 4.78 is 18.8. The number of Topliss-reactive ketones (excluding diaryl/α,β-unsaturated/α-hetero) is 1. The van der Waals surface area contributed by atoms with Gasteiger partial charge in [0, 0.05) is 16.9 Å². The zero-order chi connectivity index (χ0) is 12.3. The number of ether oxygens (including phenoxy) is 1. The predicted octanol–water partition coefficient (Wildman–Crippen LogP) is 1.85. The number of ketones is 1.